The Morgan fingerprint density at radius 2 is 1.90 bits per heavy atom. The molecule has 1 amide bonds. The molecule has 2 atom stereocenters. The molecule has 0 spiro atoms. The highest BCUT2D eigenvalue weighted by molar-refractivity contribution is 5.81. The zero-order chi connectivity index (χ0) is 16.0. The molecule has 0 radical (unpaired) electrons. The molecule has 0 saturated heterocycles. The quantitative estimate of drug-likeness (QED) is 0.889. The highest BCUT2D eigenvalue weighted by Gasteiger charge is 2.29. The predicted octanol–water partition coefficient (Wildman–Crippen LogP) is 2.77. The van der Waals surface area contributed by atoms with E-state index in [0.29, 0.717) is 5.56 Å². The summed E-state index contributed by atoms with van der Waals surface area (Å²) >= 11 is 0. The molecule has 0 aromatic heterocycles. The van der Waals surface area contributed by atoms with Crippen molar-refractivity contribution in [3.63, 3.8) is 0 Å². The summed E-state index contributed by atoms with van der Waals surface area (Å²) in [6.07, 6.45) is -0.802. The van der Waals surface area contributed by atoms with E-state index in [1.165, 1.54) is 0 Å². The highest BCUT2D eigenvalue weighted by Crippen LogP contribution is 2.19. The molecule has 0 bridgehead atoms. The van der Waals surface area contributed by atoms with Crippen LogP contribution in [0.1, 0.15) is 40.5 Å². The van der Waals surface area contributed by atoms with E-state index in [1.807, 2.05) is 6.07 Å². The summed E-state index contributed by atoms with van der Waals surface area (Å²) in [4.78, 5) is 23.2. The monoisotopic (exact) mass is 280 g/mol. The molecule has 1 aromatic rings. The molecule has 0 aliphatic rings. The number of nitrogens with one attached hydrogen (secondary N) is 1. The van der Waals surface area contributed by atoms with Gasteiger partial charge in [0.2, 0.25) is 0 Å². The Hall–Kier alpha value is -2.04. The molecule has 110 valence electrons. The first-order chi connectivity index (χ1) is 9.74. The second-order valence-corrected chi connectivity index (χ2v) is 5.48. The third kappa shape index (κ3) is 4.91. The Morgan fingerprint density at radius 3 is 2.35 bits per heavy atom. The van der Waals surface area contributed by atoms with Crippen LogP contribution < -0.4 is 5.32 Å². The van der Waals surface area contributed by atoms with Gasteiger partial charge in [0.05, 0.1) is 0 Å². The van der Waals surface area contributed by atoms with Crippen LogP contribution >= 0.6 is 0 Å². The molecule has 5 heteroatoms. The fraction of sp³-hybridized carbons (Fsp3) is 0.467. The van der Waals surface area contributed by atoms with Gasteiger partial charge in [-0.15, -0.1) is 0 Å². The van der Waals surface area contributed by atoms with Crippen molar-refractivity contribution in [2.75, 3.05) is 0 Å². The largest absolute Gasteiger partial charge is 0.480 e. The first-order valence-corrected chi connectivity index (χ1v) is 6.31. The molecule has 0 saturated carbocycles. The SMILES string of the molecule is [2H]C[C@H](c1ccccc1)[C@H](NC(=O)OC(C)(C)C)C(=O)O. The molecule has 0 heterocycles. The van der Waals surface area contributed by atoms with Gasteiger partial charge in [-0.2, -0.15) is 0 Å². The molecule has 0 aliphatic heterocycles. The number of amides is 1. The standard InChI is InChI=1S/C15H21NO4/c1-10(11-8-6-5-7-9-11)12(13(17)18)16-14(19)20-15(2,3)4/h5-10,12H,1-4H3,(H,16,19)(H,17,18)/t10-,12+/m1/s1/i1D. The maximum Gasteiger partial charge on any atom is 0.408 e. The Balaban J connectivity index is 2.90. The van der Waals surface area contributed by atoms with E-state index in [-0.39, 0.29) is 6.90 Å². The molecule has 1 aromatic carbocycles. The molecule has 0 fully saturated rings. The van der Waals surface area contributed by atoms with Crippen LogP contribution in [0.15, 0.2) is 30.3 Å². The Bertz CT molecular complexity index is 484. The van der Waals surface area contributed by atoms with Crippen LogP contribution in [0.5, 0.6) is 0 Å². The minimum Gasteiger partial charge on any atom is -0.480 e. The maximum absolute atomic E-state index is 11.8. The average Bonchev–Trinajstić information content (AvgIpc) is 2.37. The molecular formula is C15H21NO4. The number of benzene rings is 1. The number of rotatable bonds is 4. The van der Waals surface area contributed by atoms with Crippen molar-refractivity contribution in [2.24, 2.45) is 0 Å². The van der Waals surface area contributed by atoms with Crippen molar-refractivity contribution in [1.82, 2.24) is 5.32 Å². The second kappa shape index (κ2) is 6.41. The highest BCUT2D eigenvalue weighted by atomic mass is 16.6. The topological polar surface area (TPSA) is 75.6 Å². The van der Waals surface area contributed by atoms with Crippen molar-refractivity contribution in [1.29, 1.82) is 0 Å². The summed E-state index contributed by atoms with van der Waals surface area (Å²) in [5.41, 5.74) is -0.0213. The lowest BCUT2D eigenvalue weighted by Crippen LogP contribution is -2.46. The van der Waals surface area contributed by atoms with Crippen LogP contribution in [-0.4, -0.2) is 28.8 Å². The lowest BCUT2D eigenvalue weighted by atomic mass is 9.93. The smallest absolute Gasteiger partial charge is 0.408 e. The summed E-state index contributed by atoms with van der Waals surface area (Å²) in [6.45, 7) is 4.93. The van der Waals surface area contributed by atoms with E-state index in [0.717, 1.165) is 0 Å². The van der Waals surface area contributed by atoms with Gasteiger partial charge in [-0.25, -0.2) is 9.59 Å². The number of hydrogen-bond donors (Lipinski definition) is 2. The van der Waals surface area contributed by atoms with Crippen molar-refractivity contribution in [2.45, 2.75) is 45.2 Å². The molecule has 0 aliphatic carbocycles. The Labute approximate surface area is 120 Å². The van der Waals surface area contributed by atoms with Crippen LogP contribution in [0.2, 0.25) is 0 Å². The van der Waals surface area contributed by atoms with Gasteiger partial charge in [0.15, 0.2) is 0 Å². The van der Waals surface area contributed by atoms with E-state index in [2.05, 4.69) is 5.32 Å². The van der Waals surface area contributed by atoms with Crippen LogP contribution in [0, 0.1) is 0 Å². The summed E-state index contributed by atoms with van der Waals surface area (Å²) < 4.78 is 12.7. The molecule has 20 heavy (non-hydrogen) atoms. The minimum atomic E-state index is -1.21. The zero-order valence-corrected chi connectivity index (χ0v) is 11.9. The Kier molecular flexibility index (Phi) is 4.61. The third-order valence-corrected chi connectivity index (χ3v) is 2.57. The van der Waals surface area contributed by atoms with E-state index >= 15 is 0 Å². The van der Waals surface area contributed by atoms with Crippen molar-refractivity contribution in [3.8, 4) is 0 Å². The lowest BCUT2D eigenvalue weighted by molar-refractivity contribution is -0.140. The summed E-state index contributed by atoms with van der Waals surface area (Å²) in [5.74, 6) is -1.84. The fourth-order valence-electron chi connectivity index (χ4n) is 1.66. The van der Waals surface area contributed by atoms with Crippen LogP contribution in [0.25, 0.3) is 0 Å². The van der Waals surface area contributed by atoms with Crippen LogP contribution in [-0.2, 0) is 9.53 Å². The van der Waals surface area contributed by atoms with E-state index in [1.54, 1.807) is 45.0 Å². The third-order valence-electron chi connectivity index (χ3n) is 2.57. The normalized spacial score (nSPS) is 14.8. The van der Waals surface area contributed by atoms with Gasteiger partial charge >= 0.3 is 12.1 Å². The van der Waals surface area contributed by atoms with Gasteiger partial charge in [0.1, 0.15) is 11.6 Å². The molecule has 0 unspecified atom stereocenters. The van der Waals surface area contributed by atoms with E-state index in [4.69, 9.17) is 6.11 Å². The lowest BCUT2D eigenvalue weighted by Gasteiger charge is -2.25. The number of ether oxygens (including phenoxy) is 1. The van der Waals surface area contributed by atoms with Crippen LogP contribution in [0.3, 0.4) is 0 Å². The Morgan fingerprint density at radius 1 is 1.30 bits per heavy atom. The van der Waals surface area contributed by atoms with E-state index < -0.39 is 29.6 Å². The number of hydrogen-bond acceptors (Lipinski definition) is 3. The van der Waals surface area contributed by atoms with Gasteiger partial charge in [-0.3, -0.25) is 0 Å². The number of alkyl carbamates (subject to hydrolysis) is 1. The zero-order valence-electron chi connectivity index (χ0n) is 12.9. The minimum absolute atomic E-state index is 0.156. The molecular weight excluding hydrogens is 258 g/mol. The van der Waals surface area contributed by atoms with E-state index in [9.17, 15) is 14.7 Å². The number of carbonyl (C=O) groups is 2. The summed E-state index contributed by atoms with van der Waals surface area (Å²) in [7, 11) is 0. The molecule has 2 N–H and O–H groups in total. The van der Waals surface area contributed by atoms with Gasteiger partial charge in [-0.1, -0.05) is 37.2 Å². The number of aliphatic carboxylic acids is 1. The maximum atomic E-state index is 11.8. The molecule has 1 rings (SSSR count). The predicted molar refractivity (Wildman–Crippen MR) is 75.7 cm³/mol. The average molecular weight is 280 g/mol. The number of carboxylic acids is 1. The molecule has 5 nitrogen and oxygen atoms in total. The first-order valence-electron chi connectivity index (χ1n) is 7.02. The number of carbonyl (C=O) groups excluding carboxylic acids is 1. The van der Waals surface area contributed by atoms with Crippen molar-refractivity contribution < 1.29 is 20.8 Å². The van der Waals surface area contributed by atoms with Gasteiger partial charge in [0.25, 0.3) is 0 Å². The first kappa shape index (κ1) is 14.4. The van der Waals surface area contributed by atoms with Gasteiger partial charge < -0.3 is 15.2 Å². The summed E-state index contributed by atoms with van der Waals surface area (Å²) in [5, 5.41) is 11.7. The van der Waals surface area contributed by atoms with Crippen molar-refractivity contribution in [3.05, 3.63) is 35.9 Å². The fourth-order valence-corrected chi connectivity index (χ4v) is 1.66. The summed E-state index contributed by atoms with van der Waals surface area (Å²) in [6, 6.07) is 7.62. The van der Waals surface area contributed by atoms with Gasteiger partial charge in [-0.05, 0) is 26.3 Å². The second-order valence-electron chi connectivity index (χ2n) is 5.48. The van der Waals surface area contributed by atoms with Crippen LogP contribution in [0.4, 0.5) is 4.79 Å². The van der Waals surface area contributed by atoms with Gasteiger partial charge in [0, 0.05) is 7.29 Å². The van der Waals surface area contributed by atoms with Crippen molar-refractivity contribution >= 4 is 12.1 Å². The number of carboxylic acid groups (broad SMARTS) is 1.